The topological polar surface area (TPSA) is 26.0 Å². The van der Waals surface area contributed by atoms with Gasteiger partial charge in [0.2, 0.25) is 0 Å². The molecule has 0 aromatic heterocycles. The van der Waals surface area contributed by atoms with E-state index in [2.05, 4.69) is 0 Å². The van der Waals surface area contributed by atoms with E-state index in [1.807, 2.05) is 12.1 Å². The highest BCUT2D eigenvalue weighted by atomic mass is 19.1. The quantitative estimate of drug-likeness (QED) is 0.812. The van der Waals surface area contributed by atoms with Gasteiger partial charge in [0.15, 0.2) is 0 Å². The summed E-state index contributed by atoms with van der Waals surface area (Å²) in [5, 5.41) is 0. The monoisotopic (exact) mass is 219 g/mol. The Morgan fingerprint density at radius 2 is 2.00 bits per heavy atom. The van der Waals surface area contributed by atoms with Crippen molar-refractivity contribution in [3.05, 3.63) is 35.1 Å². The molecule has 2 aliphatic rings. The van der Waals surface area contributed by atoms with Crippen LogP contribution in [0.2, 0.25) is 0 Å². The molecule has 0 spiro atoms. The van der Waals surface area contributed by atoms with Crippen LogP contribution in [0, 0.1) is 30.5 Å². The first-order valence-electron chi connectivity index (χ1n) is 6.20. The first-order valence-corrected chi connectivity index (χ1v) is 6.20. The smallest absolute Gasteiger partial charge is 0.126 e. The normalized spacial score (nSPS) is 33.6. The van der Waals surface area contributed by atoms with E-state index in [1.54, 1.807) is 13.0 Å². The first kappa shape index (κ1) is 10.3. The van der Waals surface area contributed by atoms with Gasteiger partial charge < -0.3 is 5.73 Å². The number of nitrogens with two attached hydrogens (primary N) is 1. The Morgan fingerprint density at radius 1 is 1.31 bits per heavy atom. The minimum absolute atomic E-state index is 0.0467. The molecule has 0 heterocycles. The molecule has 2 N–H and O–H groups in total. The van der Waals surface area contributed by atoms with Crippen LogP contribution in [0.25, 0.3) is 0 Å². The fourth-order valence-corrected chi connectivity index (χ4v) is 3.45. The van der Waals surface area contributed by atoms with Crippen molar-refractivity contribution in [2.45, 2.75) is 32.2 Å². The molecular weight excluding hydrogens is 201 g/mol. The van der Waals surface area contributed by atoms with Gasteiger partial charge in [0.05, 0.1) is 0 Å². The van der Waals surface area contributed by atoms with Crippen molar-refractivity contribution >= 4 is 0 Å². The fraction of sp³-hybridized carbons (Fsp3) is 0.571. The second kappa shape index (κ2) is 3.56. The van der Waals surface area contributed by atoms with E-state index in [4.69, 9.17) is 5.73 Å². The van der Waals surface area contributed by atoms with Crippen LogP contribution < -0.4 is 5.73 Å². The van der Waals surface area contributed by atoms with Crippen LogP contribution in [0.5, 0.6) is 0 Å². The van der Waals surface area contributed by atoms with Crippen molar-refractivity contribution < 1.29 is 4.39 Å². The minimum atomic E-state index is -0.126. The summed E-state index contributed by atoms with van der Waals surface area (Å²) in [6.07, 6.45) is 4.02. The SMILES string of the molecule is Cc1ccc(C(N)C2C3CCCC32)cc1F. The molecule has 2 heteroatoms. The van der Waals surface area contributed by atoms with Gasteiger partial charge in [-0.2, -0.15) is 0 Å². The molecule has 3 rings (SSSR count). The molecule has 1 nitrogen and oxygen atoms in total. The van der Waals surface area contributed by atoms with E-state index in [0.29, 0.717) is 11.5 Å². The molecule has 86 valence electrons. The van der Waals surface area contributed by atoms with Gasteiger partial charge in [-0.15, -0.1) is 0 Å². The lowest BCUT2D eigenvalue weighted by atomic mass is 9.97. The fourth-order valence-electron chi connectivity index (χ4n) is 3.45. The summed E-state index contributed by atoms with van der Waals surface area (Å²) in [5.41, 5.74) is 7.92. The van der Waals surface area contributed by atoms with E-state index in [-0.39, 0.29) is 11.9 Å². The molecule has 3 atom stereocenters. The van der Waals surface area contributed by atoms with E-state index in [9.17, 15) is 4.39 Å². The number of hydrogen-bond acceptors (Lipinski definition) is 1. The summed E-state index contributed by atoms with van der Waals surface area (Å²) in [4.78, 5) is 0. The largest absolute Gasteiger partial charge is 0.324 e. The maximum Gasteiger partial charge on any atom is 0.126 e. The summed E-state index contributed by atoms with van der Waals surface area (Å²) in [6.45, 7) is 1.79. The number of fused-ring (bicyclic) bond motifs is 1. The molecule has 2 fully saturated rings. The highest BCUT2D eigenvalue weighted by molar-refractivity contribution is 5.28. The Kier molecular flexibility index (Phi) is 2.28. The van der Waals surface area contributed by atoms with Crippen molar-refractivity contribution in [3.63, 3.8) is 0 Å². The Morgan fingerprint density at radius 3 is 2.62 bits per heavy atom. The average molecular weight is 219 g/mol. The summed E-state index contributed by atoms with van der Waals surface area (Å²) < 4.78 is 13.5. The summed E-state index contributed by atoms with van der Waals surface area (Å²) in [6, 6.07) is 5.49. The van der Waals surface area contributed by atoms with Crippen LogP contribution in [0.4, 0.5) is 4.39 Å². The van der Waals surface area contributed by atoms with Crippen LogP contribution in [0.15, 0.2) is 18.2 Å². The number of hydrogen-bond donors (Lipinski definition) is 1. The first-order chi connectivity index (χ1) is 7.68. The average Bonchev–Trinajstić information content (AvgIpc) is 2.74. The van der Waals surface area contributed by atoms with E-state index >= 15 is 0 Å². The predicted molar refractivity (Wildman–Crippen MR) is 62.4 cm³/mol. The molecule has 0 radical (unpaired) electrons. The van der Waals surface area contributed by atoms with Gasteiger partial charge in [-0.05, 0) is 54.7 Å². The summed E-state index contributed by atoms with van der Waals surface area (Å²) in [7, 11) is 0. The zero-order valence-corrected chi connectivity index (χ0v) is 9.62. The molecule has 0 bridgehead atoms. The van der Waals surface area contributed by atoms with E-state index in [0.717, 1.165) is 17.4 Å². The molecule has 0 aliphatic heterocycles. The lowest BCUT2D eigenvalue weighted by molar-refractivity contribution is 0.498. The second-order valence-corrected chi connectivity index (χ2v) is 5.37. The Bertz CT molecular complexity index is 405. The third-order valence-corrected chi connectivity index (χ3v) is 4.47. The van der Waals surface area contributed by atoms with Crippen LogP contribution in [-0.2, 0) is 0 Å². The molecule has 1 aromatic carbocycles. The van der Waals surface area contributed by atoms with Gasteiger partial charge in [0.1, 0.15) is 5.82 Å². The minimum Gasteiger partial charge on any atom is -0.324 e. The summed E-state index contributed by atoms with van der Waals surface area (Å²) >= 11 is 0. The van der Waals surface area contributed by atoms with Gasteiger partial charge in [-0.1, -0.05) is 18.6 Å². The molecule has 0 saturated heterocycles. The van der Waals surface area contributed by atoms with E-state index < -0.39 is 0 Å². The number of rotatable bonds is 2. The second-order valence-electron chi connectivity index (χ2n) is 5.37. The molecule has 0 amide bonds. The highest BCUT2D eigenvalue weighted by Gasteiger charge is 2.55. The van der Waals surface area contributed by atoms with Gasteiger partial charge in [-0.3, -0.25) is 0 Å². The van der Waals surface area contributed by atoms with Crippen LogP contribution >= 0.6 is 0 Å². The molecule has 1 aromatic rings. The van der Waals surface area contributed by atoms with Crippen molar-refractivity contribution in [2.24, 2.45) is 23.5 Å². The maximum absolute atomic E-state index is 13.5. The standard InChI is InChI=1S/C14H18FN/c1-8-5-6-9(7-12(8)15)14(16)13-10-3-2-4-11(10)13/h5-7,10-11,13-14H,2-4,16H2,1H3. The third kappa shape index (κ3) is 1.47. The van der Waals surface area contributed by atoms with Crippen molar-refractivity contribution in [1.82, 2.24) is 0 Å². The lowest BCUT2D eigenvalue weighted by Gasteiger charge is -2.14. The van der Waals surface area contributed by atoms with Crippen molar-refractivity contribution in [1.29, 1.82) is 0 Å². The lowest BCUT2D eigenvalue weighted by Crippen LogP contribution is -2.15. The Hall–Kier alpha value is -0.890. The van der Waals surface area contributed by atoms with Gasteiger partial charge in [0.25, 0.3) is 0 Å². The van der Waals surface area contributed by atoms with Crippen LogP contribution in [0.1, 0.15) is 36.4 Å². The van der Waals surface area contributed by atoms with Crippen LogP contribution in [-0.4, -0.2) is 0 Å². The molecule has 2 saturated carbocycles. The van der Waals surface area contributed by atoms with E-state index in [1.165, 1.54) is 19.3 Å². The maximum atomic E-state index is 13.5. The van der Waals surface area contributed by atoms with Gasteiger partial charge in [-0.25, -0.2) is 4.39 Å². The zero-order chi connectivity index (χ0) is 11.3. The predicted octanol–water partition coefficient (Wildman–Crippen LogP) is 3.18. The van der Waals surface area contributed by atoms with Crippen molar-refractivity contribution in [2.75, 3.05) is 0 Å². The Labute approximate surface area is 95.8 Å². The van der Waals surface area contributed by atoms with Gasteiger partial charge >= 0.3 is 0 Å². The van der Waals surface area contributed by atoms with Crippen molar-refractivity contribution in [3.8, 4) is 0 Å². The molecule has 16 heavy (non-hydrogen) atoms. The van der Waals surface area contributed by atoms with Crippen LogP contribution in [0.3, 0.4) is 0 Å². The Balaban J connectivity index is 1.79. The number of aryl methyl sites for hydroxylation is 1. The highest BCUT2D eigenvalue weighted by Crippen LogP contribution is 2.61. The molecule has 2 aliphatic carbocycles. The number of halogens is 1. The molecular formula is C14H18FN. The molecule has 3 unspecified atom stereocenters. The number of benzene rings is 1. The zero-order valence-electron chi connectivity index (χ0n) is 9.62. The third-order valence-electron chi connectivity index (χ3n) is 4.47. The summed E-state index contributed by atoms with van der Waals surface area (Å²) in [5.74, 6) is 2.16. The van der Waals surface area contributed by atoms with Gasteiger partial charge in [0, 0.05) is 6.04 Å².